The van der Waals surface area contributed by atoms with Crippen molar-refractivity contribution in [2.24, 2.45) is 5.84 Å². The third-order valence-corrected chi connectivity index (χ3v) is 3.75. The summed E-state index contributed by atoms with van der Waals surface area (Å²) in [4.78, 5) is 13.2. The van der Waals surface area contributed by atoms with Gasteiger partial charge >= 0.3 is 0 Å². The minimum absolute atomic E-state index is 0.0702. The molecule has 1 atom stereocenters. The molecule has 0 aromatic rings. The molecular formula is C9H19N3OS. The number of hydrogen-bond donors (Lipinski definition) is 2. The lowest BCUT2D eigenvalue weighted by molar-refractivity contribution is -0.121. The fourth-order valence-corrected chi connectivity index (χ4v) is 2.91. The van der Waals surface area contributed by atoms with E-state index in [9.17, 15) is 4.79 Å². The number of thioether (sulfide) groups is 1. The van der Waals surface area contributed by atoms with Crippen LogP contribution < -0.4 is 11.3 Å². The van der Waals surface area contributed by atoms with Crippen molar-refractivity contribution < 1.29 is 4.79 Å². The Kier molecular flexibility index (Phi) is 5.29. The number of hydrazine groups is 1. The number of carbonyl (C=O) groups is 1. The zero-order valence-electron chi connectivity index (χ0n) is 8.66. The Balaban J connectivity index is 2.08. The summed E-state index contributed by atoms with van der Waals surface area (Å²) in [5.41, 5.74) is 2.15. The topological polar surface area (TPSA) is 58.4 Å². The highest BCUT2D eigenvalue weighted by atomic mass is 32.2. The Morgan fingerprint density at radius 1 is 1.71 bits per heavy atom. The van der Waals surface area contributed by atoms with E-state index in [1.807, 2.05) is 11.8 Å². The summed E-state index contributed by atoms with van der Waals surface area (Å²) in [5, 5.41) is 0. The van der Waals surface area contributed by atoms with Gasteiger partial charge in [-0.05, 0) is 32.2 Å². The van der Waals surface area contributed by atoms with E-state index in [1.165, 1.54) is 17.9 Å². The summed E-state index contributed by atoms with van der Waals surface area (Å²) in [7, 11) is 2.14. The van der Waals surface area contributed by atoms with Crippen LogP contribution in [-0.2, 0) is 4.79 Å². The van der Waals surface area contributed by atoms with Crippen molar-refractivity contribution in [3.63, 3.8) is 0 Å². The maximum absolute atomic E-state index is 10.9. The number of hydrogen-bond acceptors (Lipinski definition) is 4. The highest BCUT2D eigenvalue weighted by Gasteiger charge is 2.19. The van der Waals surface area contributed by atoms with Crippen LogP contribution in [0.15, 0.2) is 0 Å². The largest absolute Gasteiger partial charge is 0.303 e. The second-order valence-electron chi connectivity index (χ2n) is 3.67. The van der Waals surface area contributed by atoms with E-state index in [4.69, 9.17) is 5.84 Å². The second kappa shape index (κ2) is 6.27. The molecule has 5 heteroatoms. The molecule has 0 spiro atoms. The normalized spacial score (nSPS) is 21.5. The van der Waals surface area contributed by atoms with E-state index in [0.717, 1.165) is 13.0 Å². The van der Waals surface area contributed by atoms with Gasteiger partial charge in [-0.2, -0.15) is 11.8 Å². The first-order valence-corrected chi connectivity index (χ1v) is 6.17. The van der Waals surface area contributed by atoms with E-state index in [0.29, 0.717) is 12.5 Å². The van der Waals surface area contributed by atoms with Crippen molar-refractivity contribution in [2.75, 3.05) is 25.1 Å². The van der Waals surface area contributed by atoms with Crippen LogP contribution in [0.4, 0.5) is 0 Å². The molecule has 1 unspecified atom stereocenters. The van der Waals surface area contributed by atoms with Crippen molar-refractivity contribution in [1.82, 2.24) is 10.3 Å². The summed E-state index contributed by atoms with van der Waals surface area (Å²) < 4.78 is 0. The monoisotopic (exact) mass is 217 g/mol. The van der Waals surface area contributed by atoms with Gasteiger partial charge in [0, 0.05) is 18.2 Å². The zero-order valence-corrected chi connectivity index (χ0v) is 9.48. The first-order chi connectivity index (χ1) is 6.74. The fourth-order valence-electron chi connectivity index (χ4n) is 1.61. The molecule has 1 amide bonds. The Morgan fingerprint density at radius 2 is 2.50 bits per heavy atom. The molecule has 82 valence electrons. The summed E-state index contributed by atoms with van der Waals surface area (Å²) >= 11 is 2.01. The van der Waals surface area contributed by atoms with Gasteiger partial charge in [-0.3, -0.25) is 10.2 Å². The number of nitrogens with two attached hydrogens (primary N) is 1. The van der Waals surface area contributed by atoms with Crippen LogP contribution in [0.25, 0.3) is 0 Å². The van der Waals surface area contributed by atoms with E-state index in [2.05, 4.69) is 17.4 Å². The quantitative estimate of drug-likeness (QED) is 0.392. The highest BCUT2D eigenvalue weighted by Crippen LogP contribution is 2.21. The van der Waals surface area contributed by atoms with Gasteiger partial charge in [0.1, 0.15) is 0 Å². The van der Waals surface area contributed by atoms with Gasteiger partial charge in [0.2, 0.25) is 5.91 Å². The number of nitrogens with one attached hydrogen (secondary N) is 1. The Bertz CT molecular complexity index is 183. The zero-order chi connectivity index (χ0) is 10.4. The average Bonchev–Trinajstić information content (AvgIpc) is 2.70. The molecule has 14 heavy (non-hydrogen) atoms. The minimum atomic E-state index is -0.0702. The lowest BCUT2D eigenvalue weighted by Crippen LogP contribution is -2.34. The summed E-state index contributed by atoms with van der Waals surface area (Å²) in [5.74, 6) is 7.44. The number of carbonyl (C=O) groups excluding carboxylic acids is 1. The lowest BCUT2D eigenvalue weighted by Gasteiger charge is -2.22. The van der Waals surface area contributed by atoms with E-state index >= 15 is 0 Å². The van der Waals surface area contributed by atoms with Gasteiger partial charge in [-0.15, -0.1) is 0 Å². The van der Waals surface area contributed by atoms with Crippen LogP contribution in [0.1, 0.15) is 19.3 Å². The third-order valence-electron chi connectivity index (χ3n) is 2.60. The molecule has 0 aromatic heterocycles. The van der Waals surface area contributed by atoms with Crippen LogP contribution in [-0.4, -0.2) is 41.9 Å². The van der Waals surface area contributed by atoms with Crippen molar-refractivity contribution in [3.05, 3.63) is 0 Å². The molecule has 1 aliphatic heterocycles. The van der Waals surface area contributed by atoms with E-state index in [-0.39, 0.29) is 5.91 Å². The van der Waals surface area contributed by atoms with E-state index in [1.54, 1.807) is 0 Å². The second-order valence-corrected chi connectivity index (χ2v) is 4.82. The standard InChI is InChI=1S/C9H19N3OS/c1-12(8-4-6-14-7-8)5-2-3-9(13)11-10/h8H,2-7,10H2,1H3,(H,11,13). The van der Waals surface area contributed by atoms with Gasteiger partial charge in [0.25, 0.3) is 0 Å². The number of amides is 1. The molecule has 4 nitrogen and oxygen atoms in total. The van der Waals surface area contributed by atoms with Gasteiger partial charge in [-0.25, -0.2) is 5.84 Å². The summed E-state index contributed by atoms with van der Waals surface area (Å²) in [6, 6.07) is 0.709. The lowest BCUT2D eigenvalue weighted by atomic mass is 10.2. The predicted molar refractivity (Wildman–Crippen MR) is 59.9 cm³/mol. The Labute approximate surface area is 89.6 Å². The molecule has 0 aromatic carbocycles. The molecule has 1 rings (SSSR count). The Hall–Kier alpha value is -0.260. The minimum Gasteiger partial charge on any atom is -0.303 e. The van der Waals surface area contributed by atoms with E-state index < -0.39 is 0 Å². The molecule has 0 radical (unpaired) electrons. The first kappa shape index (κ1) is 11.8. The number of rotatable bonds is 5. The molecule has 1 saturated heterocycles. The molecule has 0 aliphatic carbocycles. The first-order valence-electron chi connectivity index (χ1n) is 5.01. The van der Waals surface area contributed by atoms with Crippen LogP contribution in [0.2, 0.25) is 0 Å². The van der Waals surface area contributed by atoms with Crippen molar-refractivity contribution >= 4 is 17.7 Å². The smallest absolute Gasteiger partial charge is 0.233 e. The molecular weight excluding hydrogens is 198 g/mol. The van der Waals surface area contributed by atoms with Crippen molar-refractivity contribution in [3.8, 4) is 0 Å². The average molecular weight is 217 g/mol. The summed E-state index contributed by atoms with van der Waals surface area (Å²) in [6.07, 6.45) is 2.70. The van der Waals surface area contributed by atoms with Gasteiger partial charge in [0.05, 0.1) is 0 Å². The van der Waals surface area contributed by atoms with Gasteiger partial charge in [-0.1, -0.05) is 0 Å². The molecule has 0 bridgehead atoms. The van der Waals surface area contributed by atoms with Crippen molar-refractivity contribution in [2.45, 2.75) is 25.3 Å². The van der Waals surface area contributed by atoms with Crippen LogP contribution >= 0.6 is 11.8 Å². The Morgan fingerprint density at radius 3 is 3.07 bits per heavy atom. The highest BCUT2D eigenvalue weighted by molar-refractivity contribution is 7.99. The summed E-state index contributed by atoms with van der Waals surface area (Å²) in [6.45, 7) is 0.985. The van der Waals surface area contributed by atoms with Crippen LogP contribution in [0.5, 0.6) is 0 Å². The predicted octanol–water partition coefficient (Wildman–Crippen LogP) is 0.194. The molecule has 1 aliphatic rings. The SMILES string of the molecule is CN(CCCC(=O)NN)C1CCSC1. The van der Waals surface area contributed by atoms with Gasteiger partial charge in [0.15, 0.2) is 0 Å². The van der Waals surface area contributed by atoms with Crippen LogP contribution in [0, 0.1) is 0 Å². The molecule has 1 fully saturated rings. The molecule has 0 saturated carbocycles. The third kappa shape index (κ3) is 3.86. The van der Waals surface area contributed by atoms with Crippen LogP contribution in [0.3, 0.4) is 0 Å². The fraction of sp³-hybridized carbons (Fsp3) is 0.889. The van der Waals surface area contributed by atoms with Crippen molar-refractivity contribution in [1.29, 1.82) is 0 Å². The molecule has 3 N–H and O–H groups in total. The van der Waals surface area contributed by atoms with Gasteiger partial charge < -0.3 is 4.90 Å². The maximum atomic E-state index is 10.9. The maximum Gasteiger partial charge on any atom is 0.233 e. The molecule has 1 heterocycles. The number of nitrogens with zero attached hydrogens (tertiary/aromatic N) is 1.